The van der Waals surface area contributed by atoms with Crippen LogP contribution in [0.25, 0.3) is 16.5 Å². The SMILES string of the molecule is COC(=O)/C(=C\O)c1c(C)[nH]c2ccccc12. The average Bonchev–Trinajstić information content (AvgIpc) is 2.67. The topological polar surface area (TPSA) is 62.3 Å². The van der Waals surface area contributed by atoms with Crippen LogP contribution in [-0.4, -0.2) is 23.2 Å². The Labute approximate surface area is 98.5 Å². The Bertz CT molecular complexity index is 596. The normalized spacial score (nSPS) is 11.8. The number of ether oxygens (including phenoxy) is 1. The van der Waals surface area contributed by atoms with E-state index in [-0.39, 0.29) is 5.57 Å². The van der Waals surface area contributed by atoms with E-state index in [1.807, 2.05) is 31.2 Å². The molecule has 0 saturated heterocycles. The standard InChI is InChI=1S/C13H13NO3/c1-8-12(10(7-15)13(16)17-2)9-5-3-4-6-11(9)14-8/h3-7,14-15H,1-2H3/b10-7-. The molecule has 0 aliphatic carbocycles. The molecular weight excluding hydrogens is 218 g/mol. The number of esters is 1. The van der Waals surface area contributed by atoms with E-state index in [0.717, 1.165) is 22.9 Å². The number of rotatable bonds is 2. The third kappa shape index (κ3) is 1.78. The van der Waals surface area contributed by atoms with Gasteiger partial charge in [0.05, 0.1) is 13.4 Å². The molecule has 0 saturated carbocycles. The maximum atomic E-state index is 11.6. The number of H-pyrrole nitrogens is 1. The average molecular weight is 231 g/mol. The monoisotopic (exact) mass is 231 g/mol. The van der Waals surface area contributed by atoms with Gasteiger partial charge in [-0.3, -0.25) is 0 Å². The van der Waals surface area contributed by atoms with Crippen molar-refractivity contribution in [1.82, 2.24) is 4.98 Å². The van der Waals surface area contributed by atoms with Crippen LogP contribution >= 0.6 is 0 Å². The van der Waals surface area contributed by atoms with Crippen molar-refractivity contribution in [1.29, 1.82) is 0 Å². The Morgan fingerprint density at radius 1 is 1.41 bits per heavy atom. The van der Waals surface area contributed by atoms with Gasteiger partial charge in [-0.25, -0.2) is 4.79 Å². The number of aliphatic hydroxyl groups is 1. The molecule has 0 aliphatic heterocycles. The molecule has 88 valence electrons. The van der Waals surface area contributed by atoms with Crippen molar-refractivity contribution in [3.05, 3.63) is 41.8 Å². The lowest BCUT2D eigenvalue weighted by Crippen LogP contribution is -2.04. The van der Waals surface area contributed by atoms with Crippen molar-refractivity contribution in [2.45, 2.75) is 6.92 Å². The lowest BCUT2D eigenvalue weighted by Gasteiger charge is -2.04. The first-order valence-electron chi connectivity index (χ1n) is 5.19. The van der Waals surface area contributed by atoms with E-state index in [2.05, 4.69) is 9.72 Å². The van der Waals surface area contributed by atoms with Crippen molar-refractivity contribution in [3.63, 3.8) is 0 Å². The minimum absolute atomic E-state index is 0.155. The zero-order chi connectivity index (χ0) is 12.4. The molecule has 17 heavy (non-hydrogen) atoms. The van der Waals surface area contributed by atoms with Crippen LogP contribution in [0.2, 0.25) is 0 Å². The summed E-state index contributed by atoms with van der Waals surface area (Å²) in [5.74, 6) is -0.555. The summed E-state index contributed by atoms with van der Waals surface area (Å²) in [4.78, 5) is 14.7. The van der Waals surface area contributed by atoms with Crippen LogP contribution in [-0.2, 0) is 9.53 Å². The number of nitrogens with one attached hydrogen (secondary N) is 1. The molecule has 2 N–H and O–H groups in total. The first-order chi connectivity index (χ1) is 8.19. The molecule has 4 nitrogen and oxygen atoms in total. The van der Waals surface area contributed by atoms with Gasteiger partial charge in [0.1, 0.15) is 5.57 Å². The second-order valence-electron chi connectivity index (χ2n) is 3.70. The molecule has 0 aliphatic rings. The fourth-order valence-corrected chi connectivity index (χ4v) is 1.95. The summed E-state index contributed by atoms with van der Waals surface area (Å²) < 4.78 is 4.65. The van der Waals surface area contributed by atoms with Crippen LogP contribution in [0.15, 0.2) is 30.5 Å². The molecule has 0 bridgehead atoms. The number of hydrogen-bond acceptors (Lipinski definition) is 3. The molecule has 0 radical (unpaired) electrons. The van der Waals surface area contributed by atoms with Crippen molar-refractivity contribution >= 4 is 22.4 Å². The maximum absolute atomic E-state index is 11.6. The molecule has 1 aromatic heterocycles. The molecule has 1 heterocycles. The Morgan fingerprint density at radius 2 is 2.12 bits per heavy atom. The van der Waals surface area contributed by atoms with Crippen molar-refractivity contribution in [2.24, 2.45) is 0 Å². The minimum atomic E-state index is -0.555. The van der Waals surface area contributed by atoms with Crippen LogP contribution in [0.5, 0.6) is 0 Å². The fourth-order valence-electron chi connectivity index (χ4n) is 1.95. The number of methoxy groups -OCH3 is 1. The van der Waals surface area contributed by atoms with Crippen LogP contribution in [0.3, 0.4) is 0 Å². The van der Waals surface area contributed by atoms with Gasteiger partial charge in [0.15, 0.2) is 0 Å². The van der Waals surface area contributed by atoms with Crippen molar-refractivity contribution in [2.75, 3.05) is 7.11 Å². The van der Waals surface area contributed by atoms with Gasteiger partial charge in [0.2, 0.25) is 0 Å². The summed E-state index contributed by atoms with van der Waals surface area (Å²) in [6, 6.07) is 7.59. The Morgan fingerprint density at radius 3 is 2.76 bits per heavy atom. The second kappa shape index (κ2) is 4.33. The Balaban J connectivity index is 2.69. The minimum Gasteiger partial charge on any atom is -0.515 e. The molecule has 1 aromatic carbocycles. The molecule has 0 amide bonds. The maximum Gasteiger partial charge on any atom is 0.341 e. The van der Waals surface area contributed by atoms with Crippen LogP contribution < -0.4 is 0 Å². The highest BCUT2D eigenvalue weighted by Crippen LogP contribution is 2.28. The molecule has 2 aromatic rings. The number of aliphatic hydroxyl groups excluding tert-OH is 1. The first kappa shape index (κ1) is 11.3. The third-order valence-corrected chi connectivity index (χ3v) is 2.70. The van der Waals surface area contributed by atoms with E-state index in [4.69, 9.17) is 0 Å². The summed E-state index contributed by atoms with van der Waals surface area (Å²) in [7, 11) is 1.29. The van der Waals surface area contributed by atoms with Crippen molar-refractivity contribution in [3.8, 4) is 0 Å². The van der Waals surface area contributed by atoms with Gasteiger partial charge in [0, 0.05) is 22.2 Å². The summed E-state index contributed by atoms with van der Waals surface area (Å²) >= 11 is 0. The Kier molecular flexibility index (Phi) is 2.87. The molecule has 0 atom stereocenters. The van der Waals surface area contributed by atoms with E-state index in [1.54, 1.807) is 0 Å². The van der Waals surface area contributed by atoms with E-state index in [1.165, 1.54) is 7.11 Å². The highest BCUT2D eigenvalue weighted by Gasteiger charge is 2.19. The number of hydrogen-bond donors (Lipinski definition) is 2. The molecular formula is C13H13NO3. The molecule has 0 unspecified atom stereocenters. The number of aromatic amines is 1. The van der Waals surface area contributed by atoms with E-state index in [0.29, 0.717) is 5.56 Å². The predicted molar refractivity (Wildman–Crippen MR) is 65.7 cm³/mol. The van der Waals surface area contributed by atoms with E-state index < -0.39 is 5.97 Å². The van der Waals surface area contributed by atoms with E-state index in [9.17, 15) is 9.90 Å². The number of aryl methyl sites for hydroxylation is 1. The zero-order valence-electron chi connectivity index (χ0n) is 9.65. The molecule has 2 rings (SSSR count). The summed E-state index contributed by atoms with van der Waals surface area (Å²) in [6.07, 6.45) is 0.786. The number of carbonyl (C=O) groups is 1. The van der Waals surface area contributed by atoms with Gasteiger partial charge in [-0.15, -0.1) is 0 Å². The van der Waals surface area contributed by atoms with Crippen LogP contribution in [0.1, 0.15) is 11.3 Å². The van der Waals surface area contributed by atoms with Gasteiger partial charge in [-0.1, -0.05) is 18.2 Å². The van der Waals surface area contributed by atoms with Crippen LogP contribution in [0, 0.1) is 6.92 Å². The summed E-state index contributed by atoms with van der Waals surface area (Å²) in [5, 5.41) is 10.1. The number of fused-ring (bicyclic) bond motifs is 1. The summed E-state index contributed by atoms with van der Waals surface area (Å²) in [5.41, 5.74) is 2.57. The van der Waals surface area contributed by atoms with Crippen molar-refractivity contribution < 1.29 is 14.6 Å². The second-order valence-corrected chi connectivity index (χ2v) is 3.70. The molecule has 4 heteroatoms. The number of para-hydroxylation sites is 1. The summed E-state index contributed by atoms with van der Waals surface area (Å²) in [6.45, 7) is 1.85. The highest BCUT2D eigenvalue weighted by molar-refractivity contribution is 6.20. The Hall–Kier alpha value is -2.23. The van der Waals surface area contributed by atoms with Crippen LogP contribution in [0.4, 0.5) is 0 Å². The van der Waals surface area contributed by atoms with Gasteiger partial charge < -0.3 is 14.8 Å². The quantitative estimate of drug-likeness (QED) is 0.474. The number of carbonyl (C=O) groups excluding carboxylic acids is 1. The van der Waals surface area contributed by atoms with Gasteiger partial charge in [-0.2, -0.15) is 0 Å². The molecule has 0 fully saturated rings. The predicted octanol–water partition coefficient (Wildman–Crippen LogP) is 2.55. The fraction of sp³-hybridized carbons (Fsp3) is 0.154. The first-order valence-corrected chi connectivity index (χ1v) is 5.19. The van der Waals surface area contributed by atoms with Gasteiger partial charge in [0.25, 0.3) is 0 Å². The molecule has 0 spiro atoms. The smallest absolute Gasteiger partial charge is 0.341 e. The largest absolute Gasteiger partial charge is 0.515 e. The lowest BCUT2D eigenvalue weighted by molar-refractivity contribution is -0.133. The highest BCUT2D eigenvalue weighted by atomic mass is 16.5. The lowest BCUT2D eigenvalue weighted by atomic mass is 10.0. The zero-order valence-corrected chi connectivity index (χ0v) is 9.65. The van der Waals surface area contributed by atoms with Gasteiger partial charge in [-0.05, 0) is 13.0 Å². The number of benzene rings is 1. The number of aromatic nitrogens is 1. The third-order valence-electron chi connectivity index (χ3n) is 2.70. The van der Waals surface area contributed by atoms with E-state index >= 15 is 0 Å². The van der Waals surface area contributed by atoms with Gasteiger partial charge >= 0.3 is 5.97 Å².